The van der Waals surface area contributed by atoms with Crippen molar-refractivity contribution in [3.63, 3.8) is 0 Å². The van der Waals surface area contributed by atoms with Crippen LogP contribution in [-0.4, -0.2) is 30.7 Å². The van der Waals surface area contributed by atoms with Gasteiger partial charge in [0.1, 0.15) is 5.82 Å². The lowest BCUT2D eigenvalue weighted by Crippen LogP contribution is -2.37. The van der Waals surface area contributed by atoms with Gasteiger partial charge in [0.15, 0.2) is 9.84 Å². The zero-order valence-electron chi connectivity index (χ0n) is 12.5. The van der Waals surface area contributed by atoms with E-state index in [1.807, 2.05) is 0 Å². The van der Waals surface area contributed by atoms with Crippen molar-refractivity contribution >= 4 is 33.0 Å². The molecule has 0 aliphatic carbocycles. The topological polar surface area (TPSA) is 34.1 Å². The van der Waals surface area contributed by atoms with Gasteiger partial charge < -0.3 is 0 Å². The van der Waals surface area contributed by atoms with E-state index in [2.05, 4.69) is 0 Å². The van der Waals surface area contributed by atoms with E-state index >= 15 is 0 Å². The number of hydrogen-bond donors (Lipinski definition) is 0. The highest BCUT2D eigenvalue weighted by Gasteiger charge is 2.36. The number of benzene rings is 1. The van der Waals surface area contributed by atoms with Gasteiger partial charge in [0, 0.05) is 17.2 Å². The normalized spacial score (nSPS) is 13.4. The van der Waals surface area contributed by atoms with Gasteiger partial charge in [-0.1, -0.05) is 12.1 Å². The van der Waals surface area contributed by atoms with E-state index in [0.29, 0.717) is 5.56 Å². The summed E-state index contributed by atoms with van der Waals surface area (Å²) < 4.78 is 37.1. The van der Waals surface area contributed by atoms with E-state index in [-0.39, 0.29) is 29.8 Å². The maximum absolute atomic E-state index is 13.4. The average molecular weight is 355 g/mol. The largest absolute Gasteiger partial charge is 0.228 e. The molecule has 0 unspecified atom stereocenters. The first kappa shape index (κ1) is 18.7. The molecule has 0 radical (unpaired) electrons. The summed E-state index contributed by atoms with van der Waals surface area (Å²) in [6, 6.07) is 6.02. The van der Waals surface area contributed by atoms with Gasteiger partial charge in [-0.05, 0) is 44.9 Å². The Kier molecular flexibility index (Phi) is 6.10. The smallest absolute Gasteiger partial charge is 0.155 e. The molecule has 1 aromatic rings. The SMILES string of the molecule is CC(C)(C)S(=O)(=O)CCC(CCl)(CCl)c1cccc(F)c1. The molecule has 1 aromatic carbocycles. The van der Waals surface area contributed by atoms with Crippen LogP contribution in [0.3, 0.4) is 0 Å². The van der Waals surface area contributed by atoms with Crippen LogP contribution in [-0.2, 0) is 15.3 Å². The second-order valence-electron chi connectivity index (χ2n) is 6.24. The predicted molar refractivity (Wildman–Crippen MR) is 87.7 cm³/mol. The molecule has 0 spiro atoms. The first-order valence-corrected chi connectivity index (χ1v) is 9.40. The lowest BCUT2D eigenvalue weighted by atomic mass is 9.81. The zero-order valence-corrected chi connectivity index (χ0v) is 14.8. The van der Waals surface area contributed by atoms with Crippen LogP contribution in [0.5, 0.6) is 0 Å². The Morgan fingerprint density at radius 3 is 2.14 bits per heavy atom. The fourth-order valence-electron chi connectivity index (χ4n) is 1.92. The molecular formula is C15H21Cl2FO2S. The van der Waals surface area contributed by atoms with Crippen molar-refractivity contribution in [2.45, 2.75) is 37.4 Å². The first-order chi connectivity index (χ1) is 9.58. The van der Waals surface area contributed by atoms with Gasteiger partial charge in [-0.2, -0.15) is 0 Å². The van der Waals surface area contributed by atoms with E-state index in [1.54, 1.807) is 32.9 Å². The minimum atomic E-state index is -3.28. The van der Waals surface area contributed by atoms with Gasteiger partial charge in [-0.25, -0.2) is 12.8 Å². The van der Waals surface area contributed by atoms with Gasteiger partial charge in [-0.3, -0.25) is 0 Å². The van der Waals surface area contributed by atoms with E-state index in [0.717, 1.165) is 0 Å². The molecule has 0 aliphatic heterocycles. The van der Waals surface area contributed by atoms with Crippen molar-refractivity contribution in [2.24, 2.45) is 0 Å². The molecule has 1 rings (SSSR count). The van der Waals surface area contributed by atoms with Crippen molar-refractivity contribution in [2.75, 3.05) is 17.5 Å². The first-order valence-electron chi connectivity index (χ1n) is 6.68. The monoisotopic (exact) mass is 354 g/mol. The van der Waals surface area contributed by atoms with E-state index in [4.69, 9.17) is 23.2 Å². The molecule has 0 N–H and O–H groups in total. The van der Waals surface area contributed by atoms with Crippen molar-refractivity contribution in [3.8, 4) is 0 Å². The van der Waals surface area contributed by atoms with E-state index < -0.39 is 20.0 Å². The number of alkyl halides is 2. The highest BCUT2D eigenvalue weighted by Crippen LogP contribution is 2.33. The Balaban J connectivity index is 3.09. The Bertz CT molecular complexity index is 576. The van der Waals surface area contributed by atoms with E-state index in [1.165, 1.54) is 12.1 Å². The van der Waals surface area contributed by atoms with Crippen LogP contribution in [0.4, 0.5) is 4.39 Å². The molecule has 2 nitrogen and oxygen atoms in total. The van der Waals surface area contributed by atoms with Crippen LogP contribution in [0.15, 0.2) is 24.3 Å². The van der Waals surface area contributed by atoms with Crippen molar-refractivity contribution in [1.82, 2.24) is 0 Å². The molecule has 0 saturated carbocycles. The van der Waals surface area contributed by atoms with Gasteiger partial charge >= 0.3 is 0 Å². The second kappa shape index (κ2) is 6.84. The lowest BCUT2D eigenvalue weighted by Gasteiger charge is -2.31. The molecule has 120 valence electrons. The molecule has 21 heavy (non-hydrogen) atoms. The fraction of sp³-hybridized carbons (Fsp3) is 0.600. The molecule has 0 aliphatic rings. The molecule has 6 heteroatoms. The van der Waals surface area contributed by atoms with Crippen LogP contribution < -0.4 is 0 Å². The third kappa shape index (κ3) is 4.33. The summed E-state index contributed by atoms with van der Waals surface area (Å²) in [7, 11) is -3.28. The number of rotatable bonds is 6. The molecule has 0 atom stereocenters. The summed E-state index contributed by atoms with van der Waals surface area (Å²) in [6.45, 7) is 4.98. The average Bonchev–Trinajstić information content (AvgIpc) is 2.39. The van der Waals surface area contributed by atoms with Gasteiger partial charge in [0.25, 0.3) is 0 Å². The van der Waals surface area contributed by atoms with Crippen LogP contribution in [0.25, 0.3) is 0 Å². The summed E-state index contributed by atoms with van der Waals surface area (Å²) >= 11 is 12.1. The Hall–Kier alpha value is -0.320. The summed E-state index contributed by atoms with van der Waals surface area (Å²) in [4.78, 5) is 0. The molecule has 0 heterocycles. The Morgan fingerprint density at radius 1 is 1.14 bits per heavy atom. The summed E-state index contributed by atoms with van der Waals surface area (Å²) in [6.07, 6.45) is 0.267. The third-order valence-electron chi connectivity index (χ3n) is 3.73. The fourth-order valence-corrected chi connectivity index (χ4v) is 4.06. The molecule has 0 bridgehead atoms. The summed E-state index contributed by atoms with van der Waals surface area (Å²) in [5.41, 5.74) is -0.111. The summed E-state index contributed by atoms with van der Waals surface area (Å²) in [5.74, 6) is -0.142. The second-order valence-corrected chi connectivity index (χ2v) is 9.64. The zero-order chi connectivity index (χ0) is 16.3. The third-order valence-corrected chi connectivity index (χ3v) is 7.36. The van der Waals surface area contributed by atoms with Crippen LogP contribution in [0.2, 0.25) is 0 Å². The highest BCUT2D eigenvalue weighted by molar-refractivity contribution is 7.92. The van der Waals surface area contributed by atoms with Gasteiger partial charge in [0.2, 0.25) is 0 Å². The Morgan fingerprint density at radius 2 is 1.71 bits per heavy atom. The standard InChI is InChI=1S/C15H21Cl2FO2S/c1-14(2,3)21(19,20)8-7-15(10-16,11-17)12-5-4-6-13(18)9-12/h4-6,9H,7-8,10-11H2,1-3H3. The Labute approximate surface area is 136 Å². The maximum atomic E-state index is 13.4. The summed E-state index contributed by atoms with van der Waals surface area (Å²) in [5, 5.41) is 0. The van der Waals surface area contributed by atoms with Crippen molar-refractivity contribution in [3.05, 3.63) is 35.6 Å². The number of sulfone groups is 1. The highest BCUT2D eigenvalue weighted by atomic mass is 35.5. The molecule has 0 aromatic heterocycles. The molecule has 0 amide bonds. The predicted octanol–water partition coefficient (Wildman–Crippen LogP) is 4.14. The molecule has 0 saturated heterocycles. The molecule has 0 fully saturated rings. The van der Waals surface area contributed by atoms with Crippen molar-refractivity contribution in [1.29, 1.82) is 0 Å². The van der Waals surface area contributed by atoms with Crippen molar-refractivity contribution < 1.29 is 12.8 Å². The number of hydrogen-bond acceptors (Lipinski definition) is 2. The quantitative estimate of drug-likeness (QED) is 0.719. The minimum Gasteiger partial charge on any atom is -0.228 e. The van der Waals surface area contributed by atoms with Crippen LogP contribution >= 0.6 is 23.2 Å². The van der Waals surface area contributed by atoms with Crippen LogP contribution in [0.1, 0.15) is 32.8 Å². The number of halogens is 3. The van der Waals surface area contributed by atoms with Crippen LogP contribution in [0, 0.1) is 5.82 Å². The van der Waals surface area contributed by atoms with E-state index in [9.17, 15) is 12.8 Å². The minimum absolute atomic E-state index is 0.0353. The van der Waals surface area contributed by atoms with Gasteiger partial charge in [-0.15, -0.1) is 23.2 Å². The maximum Gasteiger partial charge on any atom is 0.155 e. The molecular weight excluding hydrogens is 334 g/mol. The van der Waals surface area contributed by atoms with Gasteiger partial charge in [0.05, 0.1) is 10.5 Å². The lowest BCUT2D eigenvalue weighted by molar-refractivity contribution is 0.498.